The first-order chi connectivity index (χ1) is 14.5. The average molecular weight is 440 g/mol. The van der Waals surface area contributed by atoms with Gasteiger partial charge in [0.05, 0.1) is 11.9 Å². The van der Waals surface area contributed by atoms with Crippen molar-refractivity contribution in [1.82, 2.24) is 14.8 Å². The van der Waals surface area contributed by atoms with Crippen LogP contribution in [0.2, 0.25) is 0 Å². The summed E-state index contributed by atoms with van der Waals surface area (Å²) in [4.78, 5) is 3.31. The first kappa shape index (κ1) is 19.6. The molecule has 0 amide bonds. The van der Waals surface area contributed by atoms with Crippen molar-refractivity contribution in [3.63, 3.8) is 0 Å². The van der Waals surface area contributed by atoms with Crippen LogP contribution in [-0.2, 0) is 10.0 Å². The number of nitrogens with one attached hydrogen (secondary N) is 2. The molecule has 30 heavy (non-hydrogen) atoms. The molecule has 11 heteroatoms. The van der Waals surface area contributed by atoms with Gasteiger partial charge in [-0.2, -0.15) is 5.26 Å². The molecule has 2 heterocycles. The van der Waals surface area contributed by atoms with Crippen molar-refractivity contribution in [1.29, 1.82) is 5.26 Å². The van der Waals surface area contributed by atoms with Crippen molar-refractivity contribution in [3.8, 4) is 11.8 Å². The Balaban J connectivity index is 1.60. The molecule has 2 aromatic heterocycles. The van der Waals surface area contributed by atoms with Gasteiger partial charge in [-0.15, -0.1) is 16.4 Å². The van der Waals surface area contributed by atoms with Crippen molar-refractivity contribution in [2.45, 2.75) is 4.90 Å². The zero-order valence-electron chi connectivity index (χ0n) is 15.2. The second-order valence-corrected chi connectivity index (χ2v) is 8.54. The predicted molar refractivity (Wildman–Crippen MR) is 111 cm³/mol. The molecule has 2 N–H and O–H groups in total. The standard InChI is InChI=1S/C19H13FN6O2S2/c20-16-10-14(6-7-17(16)30(27,28)25-19-22-8-9-29-19)23-18-13(11-21)12-26(24-18)15-4-2-1-3-5-15/h1-10,12H,(H,22,25)(H,23,24). The lowest BCUT2D eigenvalue weighted by molar-refractivity contribution is 0.570. The first-order valence-corrected chi connectivity index (χ1v) is 10.9. The number of nitrogens with zero attached hydrogens (tertiary/aromatic N) is 4. The van der Waals surface area contributed by atoms with E-state index >= 15 is 0 Å². The molecule has 2 aromatic carbocycles. The fourth-order valence-corrected chi connectivity index (χ4v) is 4.49. The maximum atomic E-state index is 14.6. The quantitative estimate of drug-likeness (QED) is 0.470. The molecule has 4 rings (SSSR count). The lowest BCUT2D eigenvalue weighted by Gasteiger charge is -2.09. The highest BCUT2D eigenvalue weighted by atomic mass is 32.2. The molecule has 150 valence electrons. The minimum atomic E-state index is -4.13. The summed E-state index contributed by atoms with van der Waals surface area (Å²) in [6.45, 7) is 0. The van der Waals surface area contributed by atoms with Crippen molar-refractivity contribution in [2.75, 3.05) is 10.0 Å². The molecule has 4 aromatic rings. The Morgan fingerprint density at radius 2 is 1.97 bits per heavy atom. The van der Waals surface area contributed by atoms with Crippen LogP contribution in [0, 0.1) is 17.1 Å². The van der Waals surface area contributed by atoms with Gasteiger partial charge in [-0.1, -0.05) is 18.2 Å². The Kier molecular flexibility index (Phi) is 5.18. The Morgan fingerprint density at radius 3 is 2.63 bits per heavy atom. The van der Waals surface area contributed by atoms with E-state index in [9.17, 15) is 18.1 Å². The van der Waals surface area contributed by atoms with Gasteiger partial charge in [0.25, 0.3) is 10.0 Å². The van der Waals surface area contributed by atoms with Crippen LogP contribution in [0.15, 0.2) is 71.2 Å². The largest absolute Gasteiger partial charge is 0.338 e. The van der Waals surface area contributed by atoms with E-state index in [1.165, 1.54) is 16.9 Å². The number of para-hydroxylation sites is 1. The van der Waals surface area contributed by atoms with Crippen molar-refractivity contribution < 1.29 is 12.8 Å². The van der Waals surface area contributed by atoms with Gasteiger partial charge in [0.2, 0.25) is 0 Å². The van der Waals surface area contributed by atoms with Crippen LogP contribution in [0.1, 0.15) is 5.56 Å². The maximum absolute atomic E-state index is 14.6. The number of aromatic nitrogens is 3. The number of hydrogen-bond acceptors (Lipinski definition) is 7. The summed E-state index contributed by atoms with van der Waals surface area (Å²) in [5.41, 5.74) is 1.25. The predicted octanol–water partition coefficient (Wildman–Crippen LogP) is 3.88. The van der Waals surface area contributed by atoms with Gasteiger partial charge >= 0.3 is 0 Å². The molecule has 0 spiro atoms. The highest BCUT2D eigenvalue weighted by Crippen LogP contribution is 2.25. The Labute approximate surface area is 175 Å². The normalized spacial score (nSPS) is 11.1. The number of hydrogen-bond donors (Lipinski definition) is 2. The van der Waals surface area contributed by atoms with E-state index in [1.807, 2.05) is 36.4 Å². The highest BCUT2D eigenvalue weighted by Gasteiger charge is 2.21. The number of halogens is 1. The molecule has 0 bridgehead atoms. The van der Waals surface area contributed by atoms with Crippen LogP contribution < -0.4 is 10.0 Å². The molecule has 0 atom stereocenters. The number of benzene rings is 2. The van der Waals surface area contributed by atoms with Crippen LogP contribution in [0.4, 0.5) is 21.0 Å². The summed E-state index contributed by atoms with van der Waals surface area (Å²) in [5, 5.41) is 18.3. The van der Waals surface area contributed by atoms with Gasteiger partial charge in [-0.05, 0) is 30.3 Å². The Morgan fingerprint density at radius 1 is 1.17 bits per heavy atom. The van der Waals surface area contributed by atoms with Gasteiger partial charge in [-0.3, -0.25) is 4.72 Å². The number of thiazole rings is 1. The monoisotopic (exact) mass is 440 g/mol. The molecule has 0 unspecified atom stereocenters. The van der Waals surface area contributed by atoms with Crippen molar-refractivity contribution in [2.24, 2.45) is 0 Å². The third-order valence-electron chi connectivity index (χ3n) is 3.99. The van der Waals surface area contributed by atoms with Gasteiger partial charge < -0.3 is 5.32 Å². The van der Waals surface area contributed by atoms with Crippen LogP contribution in [-0.4, -0.2) is 23.2 Å². The minimum absolute atomic E-state index is 0.140. The number of anilines is 3. The zero-order valence-corrected chi connectivity index (χ0v) is 16.8. The topological polar surface area (TPSA) is 113 Å². The summed E-state index contributed by atoms with van der Waals surface area (Å²) in [6, 6.07) is 14.8. The van der Waals surface area contributed by atoms with Crippen LogP contribution in [0.3, 0.4) is 0 Å². The third kappa shape index (κ3) is 4.00. The Hall–Kier alpha value is -3.75. The summed E-state index contributed by atoms with van der Waals surface area (Å²) in [7, 11) is -4.13. The van der Waals surface area contributed by atoms with Crippen LogP contribution in [0.5, 0.6) is 0 Å². The second kappa shape index (κ2) is 7.94. The molecule has 0 aliphatic rings. The Bertz CT molecular complexity index is 1330. The van der Waals surface area contributed by atoms with Crippen LogP contribution in [0.25, 0.3) is 5.69 Å². The lowest BCUT2D eigenvalue weighted by atomic mass is 10.3. The van der Waals surface area contributed by atoms with Gasteiger partial charge in [0, 0.05) is 17.3 Å². The summed E-state index contributed by atoms with van der Waals surface area (Å²) in [6.07, 6.45) is 2.98. The van der Waals surface area contributed by atoms with E-state index in [1.54, 1.807) is 11.6 Å². The van der Waals surface area contributed by atoms with E-state index < -0.39 is 20.7 Å². The summed E-state index contributed by atoms with van der Waals surface area (Å²) >= 11 is 1.08. The molecular weight excluding hydrogens is 427 g/mol. The molecular formula is C19H13FN6O2S2. The van der Waals surface area contributed by atoms with Crippen molar-refractivity contribution >= 4 is 38.0 Å². The molecule has 0 aliphatic carbocycles. The SMILES string of the molecule is N#Cc1cn(-c2ccccc2)nc1Nc1ccc(S(=O)(=O)Nc2nccs2)c(F)c1. The number of rotatable bonds is 6. The number of nitriles is 1. The highest BCUT2D eigenvalue weighted by molar-refractivity contribution is 7.93. The van der Waals surface area contributed by atoms with E-state index in [4.69, 9.17) is 0 Å². The fourth-order valence-electron chi connectivity index (χ4n) is 2.64. The molecule has 0 fully saturated rings. The molecule has 0 saturated heterocycles. The van der Waals surface area contributed by atoms with E-state index in [0.717, 1.165) is 29.2 Å². The third-order valence-corrected chi connectivity index (χ3v) is 6.18. The minimum Gasteiger partial charge on any atom is -0.338 e. The maximum Gasteiger partial charge on any atom is 0.266 e. The fraction of sp³-hybridized carbons (Fsp3) is 0. The van der Waals surface area contributed by atoms with Gasteiger partial charge in [0.15, 0.2) is 10.9 Å². The molecule has 0 saturated carbocycles. The molecule has 0 aliphatic heterocycles. The zero-order chi connectivity index (χ0) is 21.1. The second-order valence-electron chi connectivity index (χ2n) is 6.00. The number of sulfonamides is 1. The first-order valence-electron chi connectivity index (χ1n) is 8.50. The van der Waals surface area contributed by atoms with E-state index in [-0.39, 0.29) is 22.2 Å². The van der Waals surface area contributed by atoms with E-state index in [2.05, 4.69) is 20.1 Å². The van der Waals surface area contributed by atoms with Gasteiger partial charge in [-0.25, -0.2) is 22.5 Å². The average Bonchev–Trinajstić information content (AvgIpc) is 3.38. The van der Waals surface area contributed by atoms with Gasteiger partial charge in [0.1, 0.15) is 22.3 Å². The molecule has 8 nitrogen and oxygen atoms in total. The van der Waals surface area contributed by atoms with E-state index in [0.29, 0.717) is 0 Å². The summed E-state index contributed by atoms with van der Waals surface area (Å²) < 4.78 is 43.1. The summed E-state index contributed by atoms with van der Waals surface area (Å²) in [5.74, 6) is -0.734. The van der Waals surface area contributed by atoms with Crippen LogP contribution >= 0.6 is 11.3 Å². The smallest absolute Gasteiger partial charge is 0.266 e. The van der Waals surface area contributed by atoms with Crippen molar-refractivity contribution in [3.05, 3.63) is 77.7 Å². The molecule has 0 radical (unpaired) electrons. The lowest BCUT2D eigenvalue weighted by Crippen LogP contribution is -2.14.